The summed E-state index contributed by atoms with van der Waals surface area (Å²) in [5.74, 6) is 0.201. The summed E-state index contributed by atoms with van der Waals surface area (Å²) < 4.78 is 1.14. The first-order valence-corrected chi connectivity index (χ1v) is 6.85. The van der Waals surface area contributed by atoms with Gasteiger partial charge in [-0.3, -0.25) is 4.79 Å². The Hall–Kier alpha value is -0.350. The summed E-state index contributed by atoms with van der Waals surface area (Å²) in [5, 5.41) is 5.22. The van der Waals surface area contributed by atoms with E-state index in [0.29, 0.717) is 6.42 Å². The molecule has 0 radical (unpaired) electrons. The number of amides is 1. The molecular formula is C11H14BrNOS. The molecule has 0 aromatic carbocycles. The summed E-state index contributed by atoms with van der Waals surface area (Å²) in [6.07, 6.45) is 3.62. The fraction of sp³-hybridized carbons (Fsp3) is 0.545. The molecule has 0 aliphatic carbocycles. The zero-order valence-corrected chi connectivity index (χ0v) is 11.1. The van der Waals surface area contributed by atoms with Crippen molar-refractivity contribution in [2.75, 3.05) is 0 Å². The van der Waals surface area contributed by atoms with Gasteiger partial charge < -0.3 is 5.32 Å². The lowest BCUT2D eigenvalue weighted by molar-refractivity contribution is -0.119. The average molecular weight is 288 g/mol. The van der Waals surface area contributed by atoms with E-state index in [1.54, 1.807) is 11.3 Å². The third kappa shape index (κ3) is 2.42. The molecule has 15 heavy (non-hydrogen) atoms. The maximum Gasteiger partial charge on any atom is 0.220 e. The Kier molecular flexibility index (Phi) is 3.16. The molecule has 1 aromatic rings. The van der Waals surface area contributed by atoms with Crippen LogP contribution in [0.5, 0.6) is 0 Å². The minimum atomic E-state index is 0.0153. The Morgan fingerprint density at radius 1 is 1.67 bits per heavy atom. The quantitative estimate of drug-likeness (QED) is 0.909. The number of halogens is 1. The van der Waals surface area contributed by atoms with Gasteiger partial charge in [0.1, 0.15) is 0 Å². The highest BCUT2D eigenvalue weighted by atomic mass is 79.9. The molecule has 1 unspecified atom stereocenters. The van der Waals surface area contributed by atoms with Crippen molar-refractivity contribution in [2.45, 2.75) is 38.1 Å². The summed E-state index contributed by atoms with van der Waals surface area (Å²) >= 11 is 5.21. The summed E-state index contributed by atoms with van der Waals surface area (Å²) in [7, 11) is 0. The molecular weight excluding hydrogens is 274 g/mol. The van der Waals surface area contributed by atoms with Crippen LogP contribution in [0.4, 0.5) is 0 Å². The van der Waals surface area contributed by atoms with Gasteiger partial charge in [0.25, 0.3) is 0 Å². The molecule has 2 rings (SSSR count). The summed E-state index contributed by atoms with van der Waals surface area (Å²) in [6, 6.07) is 2.15. The summed E-state index contributed by atoms with van der Waals surface area (Å²) in [5.41, 5.74) is 0.0153. The van der Waals surface area contributed by atoms with Gasteiger partial charge in [0.05, 0.1) is 0 Å². The molecule has 2 heterocycles. The molecule has 1 fully saturated rings. The van der Waals surface area contributed by atoms with Crippen molar-refractivity contribution in [3.05, 3.63) is 20.8 Å². The van der Waals surface area contributed by atoms with Crippen LogP contribution in [-0.2, 0) is 11.2 Å². The highest BCUT2D eigenvalue weighted by Crippen LogP contribution is 2.31. The van der Waals surface area contributed by atoms with Crippen LogP contribution >= 0.6 is 27.3 Å². The zero-order valence-electron chi connectivity index (χ0n) is 8.68. The summed E-state index contributed by atoms with van der Waals surface area (Å²) in [4.78, 5) is 12.6. The predicted octanol–water partition coefficient (Wildman–Crippen LogP) is 3.11. The van der Waals surface area contributed by atoms with Gasteiger partial charge in [-0.25, -0.2) is 0 Å². The van der Waals surface area contributed by atoms with Crippen molar-refractivity contribution in [2.24, 2.45) is 0 Å². The third-order valence-electron chi connectivity index (χ3n) is 3.05. The predicted molar refractivity (Wildman–Crippen MR) is 66.1 cm³/mol. The molecule has 2 nitrogen and oxygen atoms in total. The van der Waals surface area contributed by atoms with Gasteiger partial charge in [0, 0.05) is 33.1 Å². The highest BCUT2D eigenvalue weighted by Gasteiger charge is 2.36. The van der Waals surface area contributed by atoms with Crippen molar-refractivity contribution in [3.63, 3.8) is 0 Å². The van der Waals surface area contributed by atoms with Crippen LogP contribution in [0, 0.1) is 0 Å². The van der Waals surface area contributed by atoms with Crippen molar-refractivity contribution < 1.29 is 4.79 Å². The molecule has 4 heteroatoms. The van der Waals surface area contributed by atoms with Gasteiger partial charge in [-0.1, -0.05) is 6.92 Å². The van der Waals surface area contributed by atoms with Gasteiger partial charge in [-0.15, -0.1) is 11.3 Å². The Bertz CT molecular complexity index is 376. The van der Waals surface area contributed by atoms with Gasteiger partial charge in [-0.2, -0.15) is 0 Å². The van der Waals surface area contributed by atoms with E-state index in [1.807, 2.05) is 0 Å². The Morgan fingerprint density at radius 2 is 2.47 bits per heavy atom. The molecule has 1 N–H and O–H groups in total. The van der Waals surface area contributed by atoms with Crippen LogP contribution in [0.15, 0.2) is 15.9 Å². The molecule has 1 aliphatic rings. The third-order valence-corrected chi connectivity index (χ3v) is 4.74. The van der Waals surface area contributed by atoms with Crippen LogP contribution in [-0.4, -0.2) is 11.4 Å². The largest absolute Gasteiger partial charge is 0.350 e. The second-order valence-corrected chi connectivity index (χ2v) is 6.00. The number of hydrogen-bond donors (Lipinski definition) is 1. The Morgan fingerprint density at radius 3 is 2.93 bits per heavy atom. The molecule has 82 valence electrons. The van der Waals surface area contributed by atoms with Gasteiger partial charge >= 0.3 is 0 Å². The van der Waals surface area contributed by atoms with E-state index >= 15 is 0 Å². The average Bonchev–Trinajstić information content (AvgIpc) is 2.75. The molecule has 1 atom stereocenters. The smallest absolute Gasteiger partial charge is 0.220 e. The minimum Gasteiger partial charge on any atom is -0.350 e. The molecule has 0 bridgehead atoms. The van der Waals surface area contributed by atoms with E-state index in [9.17, 15) is 4.79 Å². The summed E-state index contributed by atoms with van der Waals surface area (Å²) in [6.45, 7) is 2.15. The maximum absolute atomic E-state index is 11.3. The topological polar surface area (TPSA) is 29.1 Å². The monoisotopic (exact) mass is 287 g/mol. The first-order valence-electron chi connectivity index (χ1n) is 5.17. The van der Waals surface area contributed by atoms with E-state index in [4.69, 9.17) is 0 Å². The second-order valence-electron chi connectivity index (χ2n) is 4.09. The van der Waals surface area contributed by atoms with Gasteiger partial charge in [-0.05, 0) is 34.8 Å². The number of hydrogen-bond acceptors (Lipinski definition) is 2. The van der Waals surface area contributed by atoms with Crippen molar-refractivity contribution in [3.8, 4) is 0 Å². The zero-order chi connectivity index (χ0) is 10.9. The number of thiophene rings is 1. The van der Waals surface area contributed by atoms with Crippen molar-refractivity contribution >= 4 is 33.2 Å². The Balaban J connectivity index is 2.11. The Labute approximate surface area is 102 Å². The van der Waals surface area contributed by atoms with Crippen molar-refractivity contribution in [1.29, 1.82) is 0 Å². The maximum atomic E-state index is 11.3. The highest BCUT2D eigenvalue weighted by molar-refractivity contribution is 9.10. The van der Waals surface area contributed by atoms with E-state index in [2.05, 4.69) is 39.6 Å². The van der Waals surface area contributed by atoms with Crippen LogP contribution in [0.2, 0.25) is 0 Å². The SMILES string of the molecule is CCC1(Cc2cc(Br)cs2)CCC(=O)N1. The molecule has 1 aromatic heterocycles. The van der Waals surface area contributed by atoms with E-state index in [-0.39, 0.29) is 11.4 Å². The number of carbonyl (C=O) groups excluding carboxylic acids is 1. The molecule has 1 amide bonds. The van der Waals surface area contributed by atoms with E-state index in [0.717, 1.165) is 23.7 Å². The lowest BCUT2D eigenvalue weighted by atomic mass is 9.90. The normalized spacial score (nSPS) is 25.6. The number of carbonyl (C=O) groups is 1. The fourth-order valence-corrected chi connectivity index (χ4v) is 3.67. The van der Waals surface area contributed by atoms with Crippen LogP contribution in [0.1, 0.15) is 31.1 Å². The molecule has 0 spiro atoms. The van der Waals surface area contributed by atoms with E-state index < -0.39 is 0 Å². The standard InChI is InChI=1S/C11H14BrNOS/c1-2-11(4-3-10(14)13-11)6-9-5-8(12)7-15-9/h5,7H,2-4,6H2,1H3,(H,13,14). The van der Waals surface area contributed by atoms with Gasteiger partial charge in [0.2, 0.25) is 5.91 Å². The minimum absolute atomic E-state index is 0.0153. The number of rotatable bonds is 3. The van der Waals surface area contributed by atoms with Crippen LogP contribution in [0.25, 0.3) is 0 Å². The second kappa shape index (κ2) is 4.26. The van der Waals surface area contributed by atoms with Crippen LogP contribution in [0.3, 0.4) is 0 Å². The molecule has 0 saturated carbocycles. The molecule has 1 saturated heterocycles. The lowest BCUT2D eigenvalue weighted by Crippen LogP contribution is -2.42. The van der Waals surface area contributed by atoms with Crippen molar-refractivity contribution in [1.82, 2.24) is 5.32 Å². The number of nitrogens with one attached hydrogen (secondary N) is 1. The first kappa shape index (κ1) is 11.1. The van der Waals surface area contributed by atoms with E-state index in [1.165, 1.54) is 4.88 Å². The van der Waals surface area contributed by atoms with Crippen LogP contribution < -0.4 is 5.32 Å². The lowest BCUT2D eigenvalue weighted by Gasteiger charge is -2.27. The fourth-order valence-electron chi connectivity index (χ4n) is 2.08. The van der Waals surface area contributed by atoms with Gasteiger partial charge in [0.15, 0.2) is 0 Å². The molecule has 1 aliphatic heterocycles. The first-order chi connectivity index (χ1) is 7.13.